The summed E-state index contributed by atoms with van der Waals surface area (Å²) in [4.78, 5) is 9.64. The summed E-state index contributed by atoms with van der Waals surface area (Å²) in [7, 11) is 0. The smallest absolute Gasteiger partial charge is 0.279 e. The third-order valence-corrected chi connectivity index (χ3v) is 0.271. The molecule has 1 amide bonds. The van der Waals surface area contributed by atoms with Gasteiger partial charge in [-0.3, -0.25) is 4.79 Å². The number of aliphatic hydroxyl groups excluding tert-OH is 1. The molecule has 0 saturated carbocycles. The highest BCUT2D eigenvalue weighted by molar-refractivity contribution is 5.85. The zero-order valence-corrected chi connectivity index (χ0v) is 3.46. The Morgan fingerprint density at radius 1 is 1.57 bits per heavy atom. The molecule has 4 nitrogen and oxygen atoms in total. The minimum Gasteiger partial charge on any atom is -0.481 e. The van der Waals surface area contributed by atoms with Crippen LogP contribution < -0.4 is 5.73 Å². The molecule has 0 unspecified atom stereocenters. The molecular weight excluding hydrogens is 98.0 g/mol. The van der Waals surface area contributed by atoms with Gasteiger partial charge in [0, 0.05) is 0 Å². The maximum absolute atomic E-state index is 9.64. The lowest BCUT2D eigenvalue weighted by Crippen LogP contribution is -2.06. The molecular formula is C3H5NO3. The van der Waals surface area contributed by atoms with E-state index in [1.165, 1.54) is 0 Å². The van der Waals surface area contributed by atoms with E-state index in [1.807, 2.05) is 0 Å². The van der Waals surface area contributed by atoms with Crippen LogP contribution in [0.15, 0.2) is 12.0 Å². The summed E-state index contributed by atoms with van der Waals surface area (Å²) >= 11 is 0. The predicted molar refractivity (Wildman–Crippen MR) is 22.5 cm³/mol. The largest absolute Gasteiger partial charge is 0.481 e. The molecule has 0 aliphatic carbocycles. The van der Waals surface area contributed by atoms with Crippen LogP contribution in [0, 0.1) is 0 Å². The van der Waals surface area contributed by atoms with Gasteiger partial charge in [0.15, 0.2) is 0 Å². The third kappa shape index (κ3) is 4.81. The van der Waals surface area contributed by atoms with Gasteiger partial charge in [0.2, 0.25) is 5.91 Å². The van der Waals surface area contributed by atoms with Crippen molar-refractivity contribution in [2.24, 2.45) is 5.73 Å². The van der Waals surface area contributed by atoms with Gasteiger partial charge in [0.1, 0.15) is 0 Å². The van der Waals surface area contributed by atoms with E-state index in [1.54, 1.807) is 0 Å². The van der Waals surface area contributed by atoms with E-state index in [0.29, 0.717) is 6.08 Å². The number of hydrogen-bond donors (Lipinski definition) is 3. The Balaban J connectivity index is 3.68. The van der Waals surface area contributed by atoms with Gasteiger partial charge in [-0.25, -0.2) is 0 Å². The molecule has 0 fully saturated rings. The number of rotatable bonds is 1. The Labute approximate surface area is 39.9 Å². The Morgan fingerprint density at radius 3 is 2.00 bits per heavy atom. The molecule has 0 saturated heterocycles. The maximum Gasteiger partial charge on any atom is 0.279 e. The molecule has 0 rings (SSSR count). The fourth-order valence-electron chi connectivity index (χ4n) is 0.127. The number of hydrogen-bond acceptors (Lipinski definition) is 3. The van der Waals surface area contributed by atoms with Crippen LogP contribution in [0.4, 0.5) is 0 Å². The van der Waals surface area contributed by atoms with Gasteiger partial charge in [0.05, 0.1) is 6.08 Å². The van der Waals surface area contributed by atoms with Gasteiger partial charge in [-0.2, -0.15) is 0 Å². The minimum absolute atomic E-state index is 0.500. The summed E-state index contributed by atoms with van der Waals surface area (Å²) in [5.41, 5.74) is 4.46. The van der Waals surface area contributed by atoms with Gasteiger partial charge < -0.3 is 15.9 Å². The van der Waals surface area contributed by atoms with Crippen molar-refractivity contribution in [3.05, 3.63) is 12.0 Å². The lowest BCUT2D eigenvalue weighted by Gasteiger charge is -1.80. The molecule has 0 heterocycles. The topological polar surface area (TPSA) is 83.6 Å². The fraction of sp³-hybridized carbons (Fsp3) is 0. The number of aliphatic hydroxyl groups is 2. The summed E-state index contributed by atoms with van der Waals surface area (Å²) in [6, 6.07) is 0. The molecule has 0 spiro atoms. The maximum atomic E-state index is 9.64. The summed E-state index contributed by atoms with van der Waals surface area (Å²) < 4.78 is 0. The van der Waals surface area contributed by atoms with E-state index in [9.17, 15) is 4.79 Å². The van der Waals surface area contributed by atoms with Gasteiger partial charge in [-0.15, -0.1) is 0 Å². The van der Waals surface area contributed by atoms with Crippen molar-refractivity contribution in [1.82, 2.24) is 0 Å². The summed E-state index contributed by atoms with van der Waals surface area (Å²) in [6.07, 6.45) is 0.500. The van der Waals surface area contributed by atoms with Gasteiger partial charge in [0.25, 0.3) is 5.95 Å². The second-order valence-corrected chi connectivity index (χ2v) is 0.905. The first kappa shape index (κ1) is 5.81. The van der Waals surface area contributed by atoms with Crippen molar-refractivity contribution >= 4 is 5.91 Å². The highest BCUT2D eigenvalue weighted by atomic mass is 16.5. The summed E-state index contributed by atoms with van der Waals surface area (Å²) in [5.74, 6) is -1.94. The number of primary amides is 1. The highest BCUT2D eigenvalue weighted by Gasteiger charge is 1.86. The van der Waals surface area contributed by atoms with Crippen molar-refractivity contribution in [3.63, 3.8) is 0 Å². The van der Waals surface area contributed by atoms with Crippen molar-refractivity contribution in [2.45, 2.75) is 0 Å². The Morgan fingerprint density at radius 2 is 2.00 bits per heavy atom. The summed E-state index contributed by atoms with van der Waals surface area (Å²) in [6.45, 7) is 0. The number of amides is 1. The molecule has 0 atom stereocenters. The van der Waals surface area contributed by atoms with Gasteiger partial charge >= 0.3 is 0 Å². The first-order valence-corrected chi connectivity index (χ1v) is 1.52. The molecule has 0 radical (unpaired) electrons. The van der Waals surface area contributed by atoms with E-state index in [0.717, 1.165) is 0 Å². The molecule has 40 valence electrons. The molecule has 0 aromatic rings. The molecule has 0 aliphatic rings. The molecule has 7 heavy (non-hydrogen) atoms. The van der Waals surface area contributed by atoms with Gasteiger partial charge in [-0.05, 0) is 0 Å². The molecule has 4 heteroatoms. The van der Waals surface area contributed by atoms with E-state index in [4.69, 9.17) is 10.2 Å². The van der Waals surface area contributed by atoms with Crippen LogP contribution in [-0.4, -0.2) is 16.1 Å². The van der Waals surface area contributed by atoms with E-state index in [-0.39, 0.29) is 0 Å². The first-order chi connectivity index (χ1) is 3.13. The van der Waals surface area contributed by atoms with E-state index < -0.39 is 11.9 Å². The molecule has 4 N–H and O–H groups in total. The van der Waals surface area contributed by atoms with Crippen LogP contribution in [0.2, 0.25) is 0 Å². The molecule has 0 aromatic carbocycles. The Hall–Kier alpha value is -1.19. The lowest BCUT2D eigenvalue weighted by molar-refractivity contribution is -0.113. The Kier molecular flexibility index (Phi) is 1.72. The van der Waals surface area contributed by atoms with Crippen LogP contribution >= 0.6 is 0 Å². The average molecular weight is 103 g/mol. The second kappa shape index (κ2) is 2.07. The number of carbonyl (C=O) groups is 1. The fourth-order valence-corrected chi connectivity index (χ4v) is 0.127. The van der Waals surface area contributed by atoms with Crippen LogP contribution in [0.5, 0.6) is 0 Å². The SMILES string of the molecule is NC(=O)C=C(O)O. The lowest BCUT2D eigenvalue weighted by atomic mass is 10.6. The highest BCUT2D eigenvalue weighted by Crippen LogP contribution is 1.73. The van der Waals surface area contributed by atoms with Crippen molar-refractivity contribution in [1.29, 1.82) is 0 Å². The average Bonchev–Trinajstić information content (AvgIpc) is 1.27. The number of carbonyl (C=O) groups excluding carboxylic acids is 1. The van der Waals surface area contributed by atoms with Crippen molar-refractivity contribution < 1.29 is 15.0 Å². The van der Waals surface area contributed by atoms with Crippen molar-refractivity contribution in [3.8, 4) is 0 Å². The molecule has 0 aromatic heterocycles. The van der Waals surface area contributed by atoms with Crippen molar-refractivity contribution in [2.75, 3.05) is 0 Å². The van der Waals surface area contributed by atoms with Crippen LogP contribution in [0.1, 0.15) is 0 Å². The first-order valence-electron chi connectivity index (χ1n) is 1.52. The summed E-state index contributed by atoms with van der Waals surface area (Å²) in [5, 5.41) is 15.7. The second-order valence-electron chi connectivity index (χ2n) is 0.905. The Bertz CT molecular complexity index is 103. The van der Waals surface area contributed by atoms with E-state index in [2.05, 4.69) is 5.73 Å². The zero-order valence-electron chi connectivity index (χ0n) is 3.46. The number of nitrogens with two attached hydrogens (primary N) is 1. The van der Waals surface area contributed by atoms with Crippen LogP contribution in [0.3, 0.4) is 0 Å². The zero-order chi connectivity index (χ0) is 5.86. The molecule has 0 bridgehead atoms. The molecule has 0 aliphatic heterocycles. The third-order valence-electron chi connectivity index (χ3n) is 0.271. The minimum atomic E-state index is -1.06. The van der Waals surface area contributed by atoms with Crippen LogP contribution in [0.25, 0.3) is 0 Å². The van der Waals surface area contributed by atoms with Gasteiger partial charge in [-0.1, -0.05) is 0 Å². The van der Waals surface area contributed by atoms with E-state index >= 15 is 0 Å². The predicted octanol–water partition coefficient (Wildman–Crippen LogP) is -0.571. The standard InChI is InChI=1S/C3H5NO3/c4-2(5)1-3(6)7/h1,6-7H,(H2,4,5). The monoisotopic (exact) mass is 103 g/mol. The van der Waals surface area contributed by atoms with Crippen LogP contribution in [-0.2, 0) is 4.79 Å². The normalized spacial score (nSPS) is 7.43. The quantitative estimate of drug-likeness (QED) is 0.307.